The first-order chi connectivity index (χ1) is 10.2. The highest BCUT2D eigenvalue weighted by molar-refractivity contribution is 5.47. The molecule has 2 N–H and O–H groups in total. The lowest BCUT2D eigenvalue weighted by atomic mass is 10.2. The zero-order valence-corrected chi connectivity index (χ0v) is 12.2. The van der Waals surface area contributed by atoms with E-state index in [0.717, 1.165) is 11.4 Å². The van der Waals surface area contributed by atoms with E-state index in [1.165, 1.54) is 12.1 Å². The Morgan fingerprint density at radius 2 is 1.86 bits per heavy atom. The molecule has 1 heterocycles. The maximum absolute atomic E-state index is 12.9. The Labute approximate surface area is 123 Å². The van der Waals surface area contributed by atoms with Crippen LogP contribution in [0.2, 0.25) is 0 Å². The summed E-state index contributed by atoms with van der Waals surface area (Å²) in [5.74, 6) is 1.80. The Balaban J connectivity index is 2.05. The quantitative estimate of drug-likeness (QED) is 0.821. The number of aromatic nitrogens is 2. The van der Waals surface area contributed by atoms with E-state index in [1.807, 2.05) is 13.0 Å². The van der Waals surface area contributed by atoms with Crippen LogP contribution in [0, 0.1) is 5.82 Å². The molecule has 1 aromatic carbocycles. The summed E-state index contributed by atoms with van der Waals surface area (Å²) in [6.07, 6.45) is 0. The van der Waals surface area contributed by atoms with Crippen LogP contribution < -0.4 is 10.6 Å². The van der Waals surface area contributed by atoms with Gasteiger partial charge in [-0.15, -0.1) is 0 Å². The molecule has 6 heteroatoms. The van der Waals surface area contributed by atoms with Crippen LogP contribution in [0.15, 0.2) is 30.3 Å². The van der Waals surface area contributed by atoms with Crippen molar-refractivity contribution in [1.29, 1.82) is 0 Å². The van der Waals surface area contributed by atoms with Crippen LogP contribution >= 0.6 is 0 Å². The number of hydrogen-bond donors (Lipinski definition) is 2. The summed E-state index contributed by atoms with van der Waals surface area (Å²) in [7, 11) is 1.80. The fourth-order valence-corrected chi connectivity index (χ4v) is 1.77. The number of anilines is 2. The van der Waals surface area contributed by atoms with E-state index in [-0.39, 0.29) is 5.82 Å². The molecule has 0 saturated heterocycles. The van der Waals surface area contributed by atoms with Crippen molar-refractivity contribution in [2.75, 3.05) is 24.3 Å². The molecule has 2 rings (SSSR count). The summed E-state index contributed by atoms with van der Waals surface area (Å²) in [6, 6.07) is 8.18. The number of nitrogens with zero attached hydrogens (tertiary/aromatic N) is 2. The van der Waals surface area contributed by atoms with E-state index in [0.29, 0.717) is 31.4 Å². The minimum absolute atomic E-state index is 0.239. The SMILES string of the molecule is CCOCc1nc(NC)cc(NCc2ccc(F)cc2)n1. The van der Waals surface area contributed by atoms with E-state index < -0.39 is 0 Å². The van der Waals surface area contributed by atoms with Crippen molar-refractivity contribution in [3.63, 3.8) is 0 Å². The molecule has 1 aromatic heterocycles. The van der Waals surface area contributed by atoms with Crippen LogP contribution in [-0.4, -0.2) is 23.6 Å². The molecule has 0 aliphatic carbocycles. The first kappa shape index (κ1) is 15.2. The van der Waals surface area contributed by atoms with Crippen LogP contribution in [0.3, 0.4) is 0 Å². The molecule has 0 amide bonds. The van der Waals surface area contributed by atoms with Gasteiger partial charge in [0.05, 0.1) is 0 Å². The topological polar surface area (TPSA) is 59.1 Å². The number of halogens is 1. The molecule has 0 radical (unpaired) electrons. The van der Waals surface area contributed by atoms with Gasteiger partial charge in [0, 0.05) is 26.3 Å². The molecule has 0 spiro atoms. The van der Waals surface area contributed by atoms with Gasteiger partial charge in [-0.2, -0.15) is 0 Å². The lowest BCUT2D eigenvalue weighted by molar-refractivity contribution is 0.128. The summed E-state index contributed by atoms with van der Waals surface area (Å²) < 4.78 is 18.2. The Morgan fingerprint density at radius 3 is 2.52 bits per heavy atom. The average Bonchev–Trinajstić information content (AvgIpc) is 2.52. The molecule has 0 fully saturated rings. The summed E-state index contributed by atoms with van der Waals surface area (Å²) in [5, 5.41) is 6.20. The van der Waals surface area contributed by atoms with Crippen LogP contribution in [0.1, 0.15) is 18.3 Å². The summed E-state index contributed by atoms with van der Waals surface area (Å²) in [5.41, 5.74) is 0.979. The van der Waals surface area contributed by atoms with Gasteiger partial charge in [0.2, 0.25) is 0 Å². The zero-order valence-electron chi connectivity index (χ0n) is 12.2. The summed E-state index contributed by atoms with van der Waals surface area (Å²) in [4.78, 5) is 8.71. The van der Waals surface area contributed by atoms with Gasteiger partial charge in [-0.25, -0.2) is 14.4 Å². The van der Waals surface area contributed by atoms with Crippen LogP contribution in [-0.2, 0) is 17.9 Å². The fraction of sp³-hybridized carbons (Fsp3) is 0.333. The molecule has 2 aromatic rings. The summed E-state index contributed by atoms with van der Waals surface area (Å²) in [6.45, 7) is 3.48. The molecular weight excluding hydrogens is 271 g/mol. The number of benzene rings is 1. The van der Waals surface area contributed by atoms with Crippen molar-refractivity contribution in [2.24, 2.45) is 0 Å². The van der Waals surface area contributed by atoms with Gasteiger partial charge in [-0.3, -0.25) is 0 Å². The molecule has 112 valence electrons. The summed E-state index contributed by atoms with van der Waals surface area (Å²) >= 11 is 0. The largest absolute Gasteiger partial charge is 0.374 e. The van der Waals surface area contributed by atoms with Gasteiger partial charge in [0.1, 0.15) is 24.1 Å². The first-order valence-corrected chi connectivity index (χ1v) is 6.83. The van der Waals surface area contributed by atoms with Crippen molar-refractivity contribution in [1.82, 2.24) is 9.97 Å². The monoisotopic (exact) mass is 290 g/mol. The number of ether oxygens (including phenoxy) is 1. The highest BCUT2D eigenvalue weighted by Gasteiger charge is 2.04. The van der Waals surface area contributed by atoms with Gasteiger partial charge in [-0.05, 0) is 24.6 Å². The average molecular weight is 290 g/mol. The van der Waals surface area contributed by atoms with E-state index in [4.69, 9.17) is 4.74 Å². The van der Waals surface area contributed by atoms with Crippen molar-refractivity contribution in [2.45, 2.75) is 20.1 Å². The minimum Gasteiger partial charge on any atom is -0.374 e. The number of rotatable bonds is 7. The third-order valence-corrected chi connectivity index (χ3v) is 2.85. The van der Waals surface area contributed by atoms with Gasteiger partial charge in [0.25, 0.3) is 0 Å². The standard InChI is InChI=1S/C15H19FN4O/c1-3-21-10-15-19-13(17-2)8-14(20-15)18-9-11-4-6-12(16)7-5-11/h4-8H,3,9-10H2,1-2H3,(H2,17,18,19,20). The smallest absolute Gasteiger partial charge is 0.158 e. The van der Waals surface area contributed by atoms with Crippen molar-refractivity contribution in [3.8, 4) is 0 Å². The van der Waals surface area contributed by atoms with Crippen LogP contribution in [0.4, 0.5) is 16.0 Å². The maximum Gasteiger partial charge on any atom is 0.158 e. The lowest BCUT2D eigenvalue weighted by Gasteiger charge is -2.10. The van der Waals surface area contributed by atoms with Crippen LogP contribution in [0.5, 0.6) is 0 Å². The first-order valence-electron chi connectivity index (χ1n) is 6.83. The van der Waals surface area contributed by atoms with Gasteiger partial charge < -0.3 is 15.4 Å². The van der Waals surface area contributed by atoms with Gasteiger partial charge in [0.15, 0.2) is 5.82 Å². The Kier molecular flexibility index (Phi) is 5.45. The molecule has 5 nitrogen and oxygen atoms in total. The lowest BCUT2D eigenvalue weighted by Crippen LogP contribution is -2.08. The predicted molar refractivity (Wildman–Crippen MR) is 80.6 cm³/mol. The predicted octanol–water partition coefficient (Wildman–Crippen LogP) is 2.81. The highest BCUT2D eigenvalue weighted by atomic mass is 19.1. The van der Waals surface area contributed by atoms with Crippen molar-refractivity contribution < 1.29 is 9.13 Å². The molecular formula is C15H19FN4O. The minimum atomic E-state index is -0.239. The second-order valence-corrected chi connectivity index (χ2v) is 4.42. The number of hydrogen-bond acceptors (Lipinski definition) is 5. The molecule has 0 bridgehead atoms. The number of nitrogens with one attached hydrogen (secondary N) is 2. The molecule has 0 aliphatic rings. The maximum atomic E-state index is 12.9. The molecule has 0 atom stereocenters. The zero-order chi connectivity index (χ0) is 15.1. The van der Waals surface area contributed by atoms with Crippen molar-refractivity contribution >= 4 is 11.6 Å². The third-order valence-electron chi connectivity index (χ3n) is 2.85. The Hall–Kier alpha value is -2.21. The highest BCUT2D eigenvalue weighted by Crippen LogP contribution is 2.13. The fourth-order valence-electron chi connectivity index (χ4n) is 1.77. The van der Waals surface area contributed by atoms with Gasteiger partial charge >= 0.3 is 0 Å². The normalized spacial score (nSPS) is 10.4. The van der Waals surface area contributed by atoms with E-state index in [9.17, 15) is 4.39 Å². The molecule has 0 unspecified atom stereocenters. The van der Waals surface area contributed by atoms with E-state index in [1.54, 1.807) is 19.2 Å². The molecule has 0 aliphatic heterocycles. The van der Waals surface area contributed by atoms with Gasteiger partial charge in [-0.1, -0.05) is 12.1 Å². The van der Waals surface area contributed by atoms with Crippen LogP contribution in [0.25, 0.3) is 0 Å². The van der Waals surface area contributed by atoms with E-state index >= 15 is 0 Å². The Bertz CT molecular complexity index is 574. The van der Waals surface area contributed by atoms with Crippen molar-refractivity contribution in [3.05, 3.63) is 47.5 Å². The Morgan fingerprint density at radius 1 is 1.14 bits per heavy atom. The second kappa shape index (κ2) is 7.54. The third kappa shape index (κ3) is 4.68. The molecule has 0 saturated carbocycles. The molecule has 21 heavy (non-hydrogen) atoms. The second-order valence-electron chi connectivity index (χ2n) is 4.42. The van der Waals surface area contributed by atoms with E-state index in [2.05, 4.69) is 20.6 Å².